The number of nitrogens with zero attached hydrogens (tertiary/aromatic N) is 2. The lowest BCUT2D eigenvalue weighted by molar-refractivity contribution is 0.431. The number of benzene rings is 1. The van der Waals surface area contributed by atoms with Crippen molar-refractivity contribution in [1.29, 1.82) is 0 Å². The first-order valence-corrected chi connectivity index (χ1v) is 4.90. The van der Waals surface area contributed by atoms with Crippen LogP contribution in [0, 0.1) is 18.6 Å². The highest BCUT2D eigenvalue weighted by Crippen LogP contribution is 2.26. The maximum Gasteiger partial charge on any atom is 0.299 e. The van der Waals surface area contributed by atoms with Crippen molar-refractivity contribution in [3.63, 3.8) is 0 Å². The zero-order valence-corrected chi connectivity index (χ0v) is 8.52. The van der Waals surface area contributed by atoms with Crippen molar-refractivity contribution in [1.82, 2.24) is 10.2 Å². The fourth-order valence-electron chi connectivity index (χ4n) is 0.972. The molecule has 15 heavy (non-hydrogen) atoms. The molecule has 0 fully saturated rings. The summed E-state index contributed by atoms with van der Waals surface area (Å²) in [4.78, 5) is 0. The topological polar surface area (TPSA) is 35.0 Å². The minimum absolute atomic E-state index is 0.0625. The molecule has 0 bridgehead atoms. The molecule has 0 saturated carbocycles. The lowest BCUT2D eigenvalue weighted by atomic mass is 10.3. The zero-order chi connectivity index (χ0) is 10.8. The van der Waals surface area contributed by atoms with Crippen molar-refractivity contribution in [2.24, 2.45) is 0 Å². The molecule has 1 heterocycles. The summed E-state index contributed by atoms with van der Waals surface area (Å²) in [7, 11) is 0. The number of hydrogen-bond donors (Lipinski definition) is 0. The highest BCUT2D eigenvalue weighted by molar-refractivity contribution is 7.13. The number of ether oxygens (including phenoxy) is 1. The van der Waals surface area contributed by atoms with E-state index in [0.717, 1.165) is 12.1 Å². The highest BCUT2D eigenvalue weighted by atomic mass is 32.1. The summed E-state index contributed by atoms with van der Waals surface area (Å²) in [6.07, 6.45) is 0. The Balaban J connectivity index is 2.24. The minimum atomic E-state index is -0.761. The van der Waals surface area contributed by atoms with E-state index in [-0.39, 0.29) is 10.9 Å². The molecule has 0 unspecified atom stereocenters. The molecule has 3 nitrogen and oxygen atoms in total. The molecule has 1 aromatic heterocycles. The molecule has 0 aliphatic rings. The van der Waals surface area contributed by atoms with Crippen LogP contribution in [-0.4, -0.2) is 10.2 Å². The summed E-state index contributed by atoms with van der Waals surface area (Å²) in [5.74, 6) is -1.47. The molecule has 0 amide bonds. The third kappa shape index (κ3) is 2.27. The van der Waals surface area contributed by atoms with Crippen LogP contribution in [0.25, 0.3) is 0 Å². The van der Waals surface area contributed by atoms with E-state index in [1.54, 1.807) is 6.92 Å². The predicted octanol–water partition coefficient (Wildman–Crippen LogP) is 2.92. The van der Waals surface area contributed by atoms with Crippen LogP contribution < -0.4 is 4.74 Å². The Morgan fingerprint density at radius 1 is 1.27 bits per heavy atom. The quantitative estimate of drug-likeness (QED) is 0.792. The standard InChI is InChI=1S/C9H6F2N2OS/c1-5-12-13-9(15-5)14-8-3-2-6(10)4-7(8)11/h2-4H,1H3. The molecule has 0 aliphatic heterocycles. The third-order valence-corrected chi connectivity index (χ3v) is 2.32. The Kier molecular flexibility index (Phi) is 2.59. The van der Waals surface area contributed by atoms with Gasteiger partial charge in [-0.15, -0.1) is 5.10 Å². The first kappa shape index (κ1) is 9.97. The van der Waals surface area contributed by atoms with E-state index in [4.69, 9.17) is 4.74 Å². The van der Waals surface area contributed by atoms with Crippen LogP contribution >= 0.6 is 11.3 Å². The molecule has 0 saturated heterocycles. The molecule has 2 aromatic rings. The average molecular weight is 228 g/mol. The largest absolute Gasteiger partial charge is 0.427 e. The second-order valence-electron chi connectivity index (χ2n) is 2.76. The van der Waals surface area contributed by atoms with Crippen LogP contribution in [0.5, 0.6) is 10.9 Å². The summed E-state index contributed by atoms with van der Waals surface area (Å²) < 4.78 is 30.8. The van der Waals surface area contributed by atoms with E-state index < -0.39 is 11.6 Å². The van der Waals surface area contributed by atoms with Gasteiger partial charge in [-0.2, -0.15) is 0 Å². The van der Waals surface area contributed by atoms with Gasteiger partial charge in [0.25, 0.3) is 5.19 Å². The number of rotatable bonds is 2. The summed E-state index contributed by atoms with van der Waals surface area (Å²) >= 11 is 1.19. The first-order chi connectivity index (χ1) is 7.15. The summed E-state index contributed by atoms with van der Waals surface area (Å²) in [5.41, 5.74) is 0. The van der Waals surface area contributed by atoms with E-state index in [2.05, 4.69) is 10.2 Å². The Bertz CT molecular complexity index is 487. The molecule has 0 atom stereocenters. The normalized spacial score (nSPS) is 10.3. The monoisotopic (exact) mass is 228 g/mol. The van der Waals surface area contributed by atoms with E-state index in [1.807, 2.05) is 0 Å². The van der Waals surface area contributed by atoms with Gasteiger partial charge in [0, 0.05) is 6.07 Å². The smallest absolute Gasteiger partial charge is 0.299 e. The Labute approximate surface area is 88.3 Å². The van der Waals surface area contributed by atoms with Gasteiger partial charge in [0.1, 0.15) is 10.8 Å². The van der Waals surface area contributed by atoms with Crippen molar-refractivity contribution in [3.05, 3.63) is 34.8 Å². The van der Waals surface area contributed by atoms with Crippen LogP contribution in [-0.2, 0) is 0 Å². The average Bonchev–Trinajstić information content (AvgIpc) is 2.56. The molecule has 0 aliphatic carbocycles. The molecule has 6 heteroatoms. The van der Waals surface area contributed by atoms with Gasteiger partial charge in [-0.25, -0.2) is 8.78 Å². The second kappa shape index (κ2) is 3.90. The summed E-state index contributed by atoms with van der Waals surface area (Å²) in [6, 6.07) is 3.08. The van der Waals surface area contributed by atoms with Crippen molar-refractivity contribution >= 4 is 11.3 Å². The van der Waals surface area contributed by atoms with Gasteiger partial charge in [-0.3, -0.25) is 0 Å². The lowest BCUT2D eigenvalue weighted by Crippen LogP contribution is -1.88. The number of hydrogen-bond acceptors (Lipinski definition) is 4. The lowest BCUT2D eigenvalue weighted by Gasteiger charge is -2.01. The maximum atomic E-state index is 13.1. The van der Waals surface area contributed by atoms with Gasteiger partial charge in [-0.1, -0.05) is 16.4 Å². The minimum Gasteiger partial charge on any atom is -0.427 e. The fraction of sp³-hybridized carbons (Fsp3) is 0.111. The van der Waals surface area contributed by atoms with Gasteiger partial charge in [0.05, 0.1) is 0 Å². The van der Waals surface area contributed by atoms with Crippen molar-refractivity contribution in [3.8, 4) is 10.9 Å². The van der Waals surface area contributed by atoms with Crippen molar-refractivity contribution < 1.29 is 13.5 Å². The van der Waals surface area contributed by atoms with Crippen LogP contribution in [0.15, 0.2) is 18.2 Å². The van der Waals surface area contributed by atoms with Crippen LogP contribution in [0.1, 0.15) is 5.01 Å². The second-order valence-corrected chi connectivity index (χ2v) is 3.91. The molecule has 0 radical (unpaired) electrons. The van der Waals surface area contributed by atoms with Gasteiger partial charge < -0.3 is 4.74 Å². The van der Waals surface area contributed by atoms with E-state index in [9.17, 15) is 8.78 Å². The molecule has 2 rings (SSSR count). The van der Waals surface area contributed by atoms with Crippen LogP contribution in [0.2, 0.25) is 0 Å². The molecule has 1 aromatic carbocycles. The molecule has 0 N–H and O–H groups in total. The maximum absolute atomic E-state index is 13.1. The molecule has 78 valence electrons. The molecule has 0 spiro atoms. The van der Waals surface area contributed by atoms with E-state index in [1.165, 1.54) is 17.4 Å². The van der Waals surface area contributed by atoms with E-state index >= 15 is 0 Å². The number of halogens is 2. The van der Waals surface area contributed by atoms with Gasteiger partial charge >= 0.3 is 0 Å². The van der Waals surface area contributed by atoms with Gasteiger partial charge in [-0.05, 0) is 19.1 Å². The highest BCUT2D eigenvalue weighted by Gasteiger charge is 2.08. The SMILES string of the molecule is Cc1nnc(Oc2ccc(F)cc2F)s1. The van der Waals surface area contributed by atoms with Crippen LogP contribution in [0.3, 0.4) is 0 Å². The first-order valence-electron chi connectivity index (χ1n) is 4.08. The Morgan fingerprint density at radius 3 is 2.67 bits per heavy atom. The summed E-state index contributed by atoms with van der Waals surface area (Å²) in [6.45, 7) is 1.76. The van der Waals surface area contributed by atoms with Gasteiger partial charge in [0.15, 0.2) is 11.6 Å². The number of aromatic nitrogens is 2. The molecular weight excluding hydrogens is 222 g/mol. The van der Waals surface area contributed by atoms with Crippen molar-refractivity contribution in [2.45, 2.75) is 6.92 Å². The van der Waals surface area contributed by atoms with Gasteiger partial charge in [0.2, 0.25) is 0 Å². The van der Waals surface area contributed by atoms with Crippen molar-refractivity contribution in [2.75, 3.05) is 0 Å². The van der Waals surface area contributed by atoms with Crippen LogP contribution in [0.4, 0.5) is 8.78 Å². The number of aryl methyl sites for hydroxylation is 1. The third-order valence-electron chi connectivity index (χ3n) is 1.60. The fourth-order valence-corrected chi connectivity index (χ4v) is 1.52. The summed E-state index contributed by atoms with van der Waals surface area (Å²) in [5, 5.41) is 8.32. The van der Waals surface area contributed by atoms with E-state index in [0.29, 0.717) is 5.01 Å². The Hall–Kier alpha value is -1.56. The predicted molar refractivity (Wildman–Crippen MR) is 51.1 cm³/mol. The molecular formula is C9H6F2N2OS. The zero-order valence-electron chi connectivity index (χ0n) is 7.70. The Morgan fingerprint density at radius 2 is 2.07 bits per heavy atom.